The number of aryl methyl sites for hydroxylation is 2. The molecule has 0 bridgehead atoms. The summed E-state index contributed by atoms with van der Waals surface area (Å²) < 4.78 is 7.49. The van der Waals surface area contributed by atoms with Crippen LogP contribution in [0.15, 0.2) is 0 Å². The fourth-order valence-corrected chi connectivity index (χ4v) is 3.93. The van der Waals surface area contributed by atoms with E-state index in [9.17, 15) is 9.59 Å². The van der Waals surface area contributed by atoms with Gasteiger partial charge in [0.15, 0.2) is 0 Å². The number of nitrogens with zero attached hydrogens (tertiary/aromatic N) is 4. The average molecular weight is 375 g/mol. The van der Waals surface area contributed by atoms with Gasteiger partial charge in [-0.2, -0.15) is 5.10 Å². The van der Waals surface area contributed by atoms with E-state index in [2.05, 4.69) is 15.3 Å². The number of ether oxygens (including phenoxy) is 1. The van der Waals surface area contributed by atoms with Crippen LogP contribution < -0.4 is 5.32 Å². The third-order valence-corrected chi connectivity index (χ3v) is 5.70. The Hall–Kier alpha value is -1.93. The van der Waals surface area contributed by atoms with Crippen molar-refractivity contribution < 1.29 is 14.3 Å². The number of aromatic nitrogens is 2. The molecule has 0 spiro atoms. The second-order valence-electron chi connectivity index (χ2n) is 7.80. The lowest BCUT2D eigenvalue weighted by Crippen LogP contribution is -2.51. The molecule has 0 radical (unpaired) electrons. The number of amides is 2. The van der Waals surface area contributed by atoms with E-state index >= 15 is 0 Å². The number of carbonyl (C=O) groups is 2. The molecule has 1 N–H and O–H groups in total. The van der Waals surface area contributed by atoms with Crippen LogP contribution in [-0.4, -0.2) is 76.8 Å². The molecule has 2 aliphatic heterocycles. The Bertz CT molecular complexity index is 704. The normalized spacial score (nSPS) is 20.4. The van der Waals surface area contributed by atoms with Crippen molar-refractivity contribution in [2.24, 2.45) is 7.05 Å². The monoisotopic (exact) mass is 375 g/mol. The first-order valence-electron chi connectivity index (χ1n) is 10.0. The van der Waals surface area contributed by atoms with Gasteiger partial charge in [-0.1, -0.05) is 0 Å². The van der Waals surface area contributed by atoms with Gasteiger partial charge in [-0.25, -0.2) is 0 Å². The second-order valence-corrected chi connectivity index (χ2v) is 7.80. The van der Waals surface area contributed by atoms with Crippen LogP contribution in [0.4, 0.5) is 0 Å². The van der Waals surface area contributed by atoms with Crippen LogP contribution in [-0.2, 0) is 40.8 Å². The molecule has 1 aromatic heterocycles. The van der Waals surface area contributed by atoms with Crippen molar-refractivity contribution in [2.45, 2.75) is 44.8 Å². The maximum Gasteiger partial charge on any atom is 0.234 e. The van der Waals surface area contributed by atoms with Crippen LogP contribution in [0, 0.1) is 0 Å². The largest absolute Gasteiger partial charge is 0.376 e. The minimum absolute atomic E-state index is 0.111. The standard InChI is InChI=1S/C19H29N5O3/c1-22-17-6-11-27-13-15(17)16(21-22)4-5-19(26)24-9-7-23(8-10-24)12-18(25)20-14-2-3-14/h14H,2-13H2,1H3,(H,20,25). The quantitative estimate of drug-likeness (QED) is 0.748. The zero-order valence-electron chi connectivity index (χ0n) is 16.1. The molecule has 2 amide bonds. The zero-order valence-corrected chi connectivity index (χ0v) is 16.1. The highest BCUT2D eigenvalue weighted by Gasteiger charge is 2.27. The van der Waals surface area contributed by atoms with E-state index in [1.165, 1.54) is 11.3 Å². The Kier molecular flexibility index (Phi) is 5.45. The molecule has 0 aromatic carbocycles. The molecule has 148 valence electrons. The van der Waals surface area contributed by atoms with Crippen LogP contribution >= 0.6 is 0 Å². The van der Waals surface area contributed by atoms with E-state index in [4.69, 9.17) is 4.74 Å². The molecule has 0 unspecified atom stereocenters. The van der Waals surface area contributed by atoms with Crippen LogP contribution in [0.2, 0.25) is 0 Å². The minimum Gasteiger partial charge on any atom is -0.376 e. The first-order valence-corrected chi connectivity index (χ1v) is 10.0. The summed E-state index contributed by atoms with van der Waals surface area (Å²) in [4.78, 5) is 28.5. The van der Waals surface area contributed by atoms with E-state index in [1.807, 2.05) is 16.6 Å². The second kappa shape index (κ2) is 7.98. The molecule has 3 aliphatic rings. The van der Waals surface area contributed by atoms with Gasteiger partial charge in [-0.15, -0.1) is 0 Å². The third-order valence-electron chi connectivity index (χ3n) is 5.70. The number of nitrogens with one attached hydrogen (secondary N) is 1. The number of fused-ring (bicyclic) bond motifs is 1. The number of rotatable bonds is 6. The van der Waals surface area contributed by atoms with Crippen molar-refractivity contribution in [3.8, 4) is 0 Å². The molecule has 1 saturated heterocycles. The molecule has 1 saturated carbocycles. The number of carbonyl (C=O) groups excluding carboxylic acids is 2. The Labute approximate surface area is 159 Å². The molecule has 4 rings (SSSR count). The predicted octanol–water partition coefficient (Wildman–Crippen LogP) is -0.152. The average Bonchev–Trinajstić information content (AvgIpc) is 3.43. The number of hydrogen-bond acceptors (Lipinski definition) is 5. The summed E-state index contributed by atoms with van der Waals surface area (Å²) in [5, 5.41) is 7.62. The van der Waals surface area contributed by atoms with E-state index in [-0.39, 0.29) is 11.8 Å². The van der Waals surface area contributed by atoms with Gasteiger partial charge in [0.1, 0.15) is 0 Å². The van der Waals surface area contributed by atoms with E-state index in [0.29, 0.717) is 45.1 Å². The van der Waals surface area contributed by atoms with E-state index in [1.54, 1.807) is 0 Å². The van der Waals surface area contributed by atoms with Gasteiger partial charge in [0.25, 0.3) is 0 Å². The lowest BCUT2D eigenvalue weighted by atomic mass is 10.1. The van der Waals surface area contributed by atoms with Gasteiger partial charge in [-0.3, -0.25) is 19.2 Å². The molecular formula is C19H29N5O3. The number of piperazine rings is 1. The van der Waals surface area contributed by atoms with Gasteiger partial charge in [0.2, 0.25) is 11.8 Å². The highest BCUT2D eigenvalue weighted by atomic mass is 16.5. The Balaban J connectivity index is 1.22. The predicted molar refractivity (Wildman–Crippen MR) is 99.1 cm³/mol. The van der Waals surface area contributed by atoms with Crippen molar-refractivity contribution in [1.29, 1.82) is 0 Å². The Morgan fingerprint density at radius 1 is 1.22 bits per heavy atom. The van der Waals surface area contributed by atoms with Gasteiger partial charge in [0, 0.05) is 69.8 Å². The van der Waals surface area contributed by atoms with Crippen molar-refractivity contribution >= 4 is 11.8 Å². The van der Waals surface area contributed by atoms with Gasteiger partial charge in [0.05, 0.1) is 25.5 Å². The van der Waals surface area contributed by atoms with Crippen molar-refractivity contribution in [1.82, 2.24) is 24.9 Å². The minimum atomic E-state index is 0.111. The topological polar surface area (TPSA) is 79.7 Å². The summed E-state index contributed by atoms with van der Waals surface area (Å²) in [7, 11) is 1.97. The first-order chi connectivity index (χ1) is 13.1. The van der Waals surface area contributed by atoms with Gasteiger partial charge in [-0.05, 0) is 12.8 Å². The Morgan fingerprint density at radius 3 is 2.74 bits per heavy atom. The molecule has 27 heavy (non-hydrogen) atoms. The highest BCUT2D eigenvalue weighted by Crippen LogP contribution is 2.21. The molecule has 0 atom stereocenters. The first kappa shape index (κ1) is 18.4. The van der Waals surface area contributed by atoms with Gasteiger partial charge < -0.3 is 15.0 Å². The summed E-state index contributed by atoms with van der Waals surface area (Å²) >= 11 is 0. The summed E-state index contributed by atoms with van der Waals surface area (Å²) in [6, 6.07) is 0.406. The molecule has 1 aliphatic carbocycles. The van der Waals surface area contributed by atoms with E-state index in [0.717, 1.165) is 44.7 Å². The van der Waals surface area contributed by atoms with E-state index < -0.39 is 0 Å². The highest BCUT2D eigenvalue weighted by molar-refractivity contribution is 5.79. The maximum absolute atomic E-state index is 12.6. The van der Waals surface area contributed by atoms with Crippen molar-refractivity contribution in [2.75, 3.05) is 39.3 Å². The zero-order chi connectivity index (χ0) is 18.8. The van der Waals surface area contributed by atoms with Crippen molar-refractivity contribution in [3.05, 3.63) is 17.0 Å². The van der Waals surface area contributed by atoms with Gasteiger partial charge >= 0.3 is 0 Å². The molecule has 3 heterocycles. The maximum atomic E-state index is 12.6. The van der Waals surface area contributed by atoms with Crippen LogP contribution in [0.25, 0.3) is 0 Å². The summed E-state index contributed by atoms with van der Waals surface area (Å²) in [6.45, 7) is 4.70. The molecule has 2 fully saturated rings. The van der Waals surface area contributed by atoms with Crippen LogP contribution in [0.5, 0.6) is 0 Å². The SMILES string of the molecule is Cn1nc(CCC(=O)N2CCN(CC(=O)NC3CC3)CC2)c2c1CCOC2. The fraction of sp³-hybridized carbons (Fsp3) is 0.737. The molecule has 8 nitrogen and oxygen atoms in total. The van der Waals surface area contributed by atoms with Crippen LogP contribution in [0.1, 0.15) is 36.2 Å². The summed E-state index contributed by atoms with van der Waals surface area (Å²) in [5.74, 6) is 0.285. The van der Waals surface area contributed by atoms with Crippen LogP contribution in [0.3, 0.4) is 0 Å². The fourth-order valence-electron chi connectivity index (χ4n) is 3.93. The smallest absolute Gasteiger partial charge is 0.234 e. The molecule has 1 aromatic rings. The third kappa shape index (κ3) is 4.50. The molecular weight excluding hydrogens is 346 g/mol. The summed E-state index contributed by atoms with van der Waals surface area (Å²) in [6.07, 6.45) is 4.25. The Morgan fingerprint density at radius 2 is 2.00 bits per heavy atom. The summed E-state index contributed by atoms with van der Waals surface area (Å²) in [5.41, 5.74) is 3.40. The molecule has 8 heteroatoms. The van der Waals surface area contributed by atoms with Crippen molar-refractivity contribution in [3.63, 3.8) is 0 Å². The lowest BCUT2D eigenvalue weighted by molar-refractivity contribution is -0.133. The lowest BCUT2D eigenvalue weighted by Gasteiger charge is -2.34. The number of hydrogen-bond donors (Lipinski definition) is 1.